The van der Waals surface area contributed by atoms with E-state index in [4.69, 9.17) is 18.6 Å². The Morgan fingerprint density at radius 1 is 0.500 bits per heavy atom. The van der Waals surface area contributed by atoms with Crippen molar-refractivity contribution in [2.24, 2.45) is 0 Å². The summed E-state index contributed by atoms with van der Waals surface area (Å²) >= 11 is 0. The largest absolute Gasteiger partial charge is 0.497 e. The Bertz CT molecular complexity index is 2720. The highest BCUT2D eigenvalue weighted by atomic mass is 32.2. The number of nitrogens with zero attached hydrogens (tertiary/aromatic N) is 2. The summed E-state index contributed by atoms with van der Waals surface area (Å²) in [4.78, 5) is 56.5. The van der Waals surface area contributed by atoms with Gasteiger partial charge in [-0.1, -0.05) is 48.5 Å². The summed E-state index contributed by atoms with van der Waals surface area (Å²) in [6, 6.07) is 26.6. The van der Waals surface area contributed by atoms with Crippen molar-refractivity contribution in [1.29, 1.82) is 0 Å². The van der Waals surface area contributed by atoms with Gasteiger partial charge in [0.05, 0.1) is 49.0 Å². The van der Waals surface area contributed by atoms with Crippen LogP contribution in [0, 0.1) is 0 Å². The zero-order valence-electron chi connectivity index (χ0n) is 33.0. The minimum atomic E-state index is -3.67. The Morgan fingerprint density at radius 3 is 1.17 bits per heavy atom. The van der Waals surface area contributed by atoms with Crippen LogP contribution in [0.5, 0.6) is 11.5 Å². The number of imide groups is 2. The van der Waals surface area contributed by atoms with Crippen LogP contribution in [0.15, 0.2) is 84.9 Å². The Morgan fingerprint density at radius 2 is 0.817 bits per heavy atom. The fourth-order valence-electron chi connectivity index (χ4n) is 7.26. The predicted octanol–water partition coefficient (Wildman–Crippen LogP) is 4.40. The van der Waals surface area contributed by atoms with Gasteiger partial charge >= 0.3 is 0 Å². The molecule has 0 unspecified atom stereocenters. The van der Waals surface area contributed by atoms with Crippen LogP contribution in [-0.2, 0) is 20.2 Å². The number of hydrogen-bond donors (Lipinski definition) is 4. The molecule has 4 N–H and O–H groups in total. The van der Waals surface area contributed by atoms with Crippen molar-refractivity contribution >= 4 is 87.0 Å². The molecular weight excluding hydrogens is 817 g/mol. The second kappa shape index (κ2) is 17.7. The number of hydrogen-bond acceptors (Lipinski definition) is 12. The summed E-state index contributed by atoms with van der Waals surface area (Å²) < 4.78 is 62.6. The van der Waals surface area contributed by atoms with E-state index < -0.39 is 20.2 Å². The Labute approximate surface area is 345 Å². The van der Waals surface area contributed by atoms with Crippen LogP contribution in [0.1, 0.15) is 41.4 Å². The molecule has 0 fully saturated rings. The van der Waals surface area contributed by atoms with Crippen LogP contribution >= 0.6 is 0 Å². The van der Waals surface area contributed by atoms with Gasteiger partial charge in [0.15, 0.2) is 0 Å². The summed E-state index contributed by atoms with van der Waals surface area (Å²) in [5, 5.41) is 13.5. The first kappa shape index (κ1) is 43.6. The number of ether oxygens (including phenoxy) is 2. The molecule has 0 aliphatic carbocycles. The van der Waals surface area contributed by atoms with Crippen molar-refractivity contribution in [1.82, 2.24) is 20.4 Å². The van der Waals surface area contributed by atoms with E-state index in [0.717, 1.165) is 43.1 Å². The molecule has 0 saturated carbocycles. The van der Waals surface area contributed by atoms with Gasteiger partial charge in [0, 0.05) is 50.0 Å². The van der Waals surface area contributed by atoms with Gasteiger partial charge in [-0.2, -0.15) is 16.8 Å². The van der Waals surface area contributed by atoms with E-state index >= 15 is 0 Å². The predicted molar refractivity (Wildman–Crippen MR) is 227 cm³/mol. The zero-order valence-corrected chi connectivity index (χ0v) is 34.6. The number of amides is 4. The van der Waals surface area contributed by atoms with E-state index in [9.17, 15) is 36.0 Å². The van der Waals surface area contributed by atoms with E-state index in [-0.39, 0.29) is 36.7 Å². The average Bonchev–Trinajstić information content (AvgIpc) is 3.59. The van der Waals surface area contributed by atoms with Crippen molar-refractivity contribution in [2.75, 3.05) is 66.0 Å². The van der Waals surface area contributed by atoms with E-state index in [1.165, 1.54) is 9.80 Å². The summed E-state index contributed by atoms with van der Waals surface area (Å²) in [5.41, 5.74) is 1.69. The number of rotatable bonds is 11. The molecule has 16 nitrogen and oxygen atoms in total. The fraction of sp³-hybridized carbons (Fsp3) is 0.238. The molecule has 0 saturated heterocycles. The number of fused-ring (bicyclic) bond motifs is 10. The molecule has 0 spiro atoms. The van der Waals surface area contributed by atoms with Gasteiger partial charge in [0.2, 0.25) is 0 Å². The SMILES string of the molecule is COc1ccc2ccc3ccc4c(c3c2c1)C(=O)N(CCNCCNCCN1C(=O)c2ccc3ccc5ccc(OC)cc5c3c2C1=O)C4=O.CS(=O)(=O)O.CS(=O)(=O)O. The van der Waals surface area contributed by atoms with Gasteiger partial charge in [-0.3, -0.25) is 38.1 Å². The van der Waals surface area contributed by atoms with E-state index in [0.29, 0.717) is 72.4 Å². The average molecular weight is 859 g/mol. The highest BCUT2D eigenvalue weighted by Gasteiger charge is 2.38. The molecule has 2 aliphatic heterocycles. The maximum Gasteiger partial charge on any atom is 0.262 e. The van der Waals surface area contributed by atoms with Crippen LogP contribution in [0.2, 0.25) is 0 Å². The van der Waals surface area contributed by atoms with Crippen LogP contribution in [-0.4, -0.2) is 125 Å². The second-order valence-corrected chi connectivity index (χ2v) is 16.9. The third-order valence-electron chi connectivity index (χ3n) is 9.79. The lowest BCUT2D eigenvalue weighted by Gasteiger charge is -2.16. The number of nitrogens with one attached hydrogen (secondary N) is 2. The summed E-state index contributed by atoms with van der Waals surface area (Å²) in [6.45, 7) is 2.43. The lowest BCUT2D eigenvalue weighted by atomic mass is 9.95. The third kappa shape index (κ3) is 9.54. The van der Waals surface area contributed by atoms with E-state index in [1.807, 2.05) is 72.8 Å². The van der Waals surface area contributed by atoms with Crippen LogP contribution in [0.25, 0.3) is 43.1 Å². The monoisotopic (exact) mass is 858 g/mol. The molecule has 0 bridgehead atoms. The lowest BCUT2D eigenvalue weighted by molar-refractivity contribution is 0.0639. The topological polar surface area (TPSA) is 226 Å². The third-order valence-corrected chi connectivity index (χ3v) is 9.79. The van der Waals surface area contributed by atoms with E-state index in [1.54, 1.807) is 26.4 Å². The lowest BCUT2D eigenvalue weighted by Crippen LogP contribution is -2.40. The van der Waals surface area contributed by atoms with Crippen LogP contribution < -0.4 is 20.1 Å². The van der Waals surface area contributed by atoms with Crippen molar-refractivity contribution in [2.45, 2.75) is 0 Å². The molecule has 6 aromatic carbocycles. The summed E-state index contributed by atoms with van der Waals surface area (Å²) in [7, 11) is -4.13. The molecular formula is C42H42N4O12S2. The molecule has 0 aromatic heterocycles. The molecule has 6 aromatic rings. The van der Waals surface area contributed by atoms with Crippen molar-refractivity contribution < 1.29 is 54.6 Å². The summed E-state index contributed by atoms with van der Waals surface area (Å²) in [6.07, 6.45) is 1.43. The van der Waals surface area contributed by atoms with E-state index in [2.05, 4.69) is 10.6 Å². The van der Waals surface area contributed by atoms with Crippen LogP contribution in [0.3, 0.4) is 0 Å². The second-order valence-electron chi connectivity index (χ2n) is 14.0. The van der Waals surface area contributed by atoms with Gasteiger partial charge in [-0.25, -0.2) is 0 Å². The minimum absolute atomic E-state index is 0.228. The minimum Gasteiger partial charge on any atom is -0.497 e. The van der Waals surface area contributed by atoms with Gasteiger partial charge < -0.3 is 20.1 Å². The zero-order chi connectivity index (χ0) is 43.5. The Hall–Kier alpha value is -6.02. The molecule has 4 amide bonds. The number of benzene rings is 6. The highest BCUT2D eigenvalue weighted by Crippen LogP contribution is 2.38. The standard InChI is InChI=1S/C40H34N4O6.2CH4O3S/c1-49-27-11-7-23-3-5-25-9-13-29-35(33(25)31(23)21-27)39(47)43(37(29)45)19-17-41-15-16-42-18-20-44-38(46)30-14-10-26-6-4-24-8-12-28(50-2)22-32(24)34(26)36(30)40(44)48;2*1-5(2,3)4/h3-14,21-22,41-42H,15-20H2,1-2H3;2*1H3,(H,2,3,4). The van der Waals surface area contributed by atoms with Gasteiger partial charge in [-0.05, 0) is 68.7 Å². The summed E-state index contributed by atoms with van der Waals surface area (Å²) in [5.74, 6) is 0.168. The number of carbonyl (C=O) groups is 4. The molecule has 8 rings (SSSR count). The van der Waals surface area contributed by atoms with Crippen molar-refractivity contribution in [3.8, 4) is 11.5 Å². The first-order valence-electron chi connectivity index (χ1n) is 18.4. The van der Waals surface area contributed by atoms with Gasteiger partial charge in [-0.15, -0.1) is 0 Å². The molecule has 18 heteroatoms. The number of methoxy groups -OCH3 is 2. The highest BCUT2D eigenvalue weighted by molar-refractivity contribution is 7.85. The fourth-order valence-corrected chi connectivity index (χ4v) is 7.26. The first-order valence-corrected chi connectivity index (χ1v) is 22.1. The smallest absolute Gasteiger partial charge is 0.262 e. The van der Waals surface area contributed by atoms with Crippen molar-refractivity contribution in [3.05, 3.63) is 107 Å². The van der Waals surface area contributed by atoms with Gasteiger partial charge in [0.25, 0.3) is 43.9 Å². The molecule has 314 valence electrons. The quantitative estimate of drug-likeness (QED) is 0.0614. The number of carbonyl (C=O) groups excluding carboxylic acids is 4. The first-order chi connectivity index (χ1) is 28.4. The Balaban J connectivity index is 0.000000543. The van der Waals surface area contributed by atoms with Crippen molar-refractivity contribution in [3.63, 3.8) is 0 Å². The normalized spacial score (nSPS) is 13.7. The van der Waals surface area contributed by atoms with Gasteiger partial charge in [0.1, 0.15) is 11.5 Å². The molecule has 0 radical (unpaired) electrons. The molecule has 0 atom stereocenters. The Kier molecular flexibility index (Phi) is 12.8. The maximum atomic E-state index is 13.6. The van der Waals surface area contributed by atoms with Crippen LogP contribution in [0.4, 0.5) is 0 Å². The molecule has 2 heterocycles. The molecule has 2 aliphatic rings. The maximum absolute atomic E-state index is 13.6. The molecule has 60 heavy (non-hydrogen) atoms.